The number of anilines is 2. The number of nitrogens with one attached hydrogen (secondary N) is 2. The third-order valence-electron chi connectivity index (χ3n) is 7.06. The lowest BCUT2D eigenvalue weighted by Gasteiger charge is -2.03. The van der Waals surface area contributed by atoms with Crippen molar-refractivity contribution in [2.24, 2.45) is 0 Å². The zero-order valence-corrected chi connectivity index (χ0v) is 23.4. The number of hydrogen-bond acceptors (Lipinski definition) is 6. The van der Waals surface area contributed by atoms with Gasteiger partial charge in [-0.05, 0) is 60.9 Å². The highest BCUT2D eigenvalue weighted by atomic mass is 19.1. The van der Waals surface area contributed by atoms with E-state index < -0.39 is 6.67 Å². The lowest BCUT2D eigenvalue weighted by Crippen LogP contribution is -2.00. The molecule has 6 aromatic rings. The molecule has 7 rings (SSSR count). The molecule has 0 radical (unpaired) electrons. The van der Waals surface area contributed by atoms with Crippen LogP contribution in [0, 0.1) is 0 Å². The summed E-state index contributed by atoms with van der Waals surface area (Å²) in [4.78, 5) is 9.29. The number of imidazole rings is 2. The average molecular weight is 565 g/mol. The average Bonchev–Trinajstić information content (AvgIpc) is 3.58. The smallest absolute Gasteiger partial charge is 0.139 e. The van der Waals surface area contributed by atoms with Crippen LogP contribution in [0.1, 0.15) is 18.4 Å². The van der Waals surface area contributed by atoms with Crippen molar-refractivity contribution in [2.75, 3.05) is 31.0 Å². The highest BCUT2D eigenvalue weighted by molar-refractivity contribution is 5.67. The number of ether oxygens (including phenoxy) is 1. The van der Waals surface area contributed by atoms with E-state index >= 15 is 0 Å². The van der Waals surface area contributed by atoms with Gasteiger partial charge in [-0.1, -0.05) is 18.2 Å². The first-order valence-corrected chi connectivity index (χ1v) is 14.0. The fourth-order valence-corrected chi connectivity index (χ4v) is 4.66. The zero-order chi connectivity index (χ0) is 28.9. The molecule has 9 heteroatoms. The first kappa shape index (κ1) is 27.3. The number of rotatable bonds is 9. The van der Waals surface area contributed by atoms with E-state index in [9.17, 15) is 9.50 Å². The molecular formula is C33H33FN6O2. The van der Waals surface area contributed by atoms with Crippen molar-refractivity contribution in [3.8, 4) is 28.3 Å². The second-order valence-electron chi connectivity index (χ2n) is 10.2. The van der Waals surface area contributed by atoms with Crippen LogP contribution in [0.5, 0.6) is 5.75 Å². The Labute approximate surface area is 243 Å². The maximum Gasteiger partial charge on any atom is 0.139 e. The summed E-state index contributed by atoms with van der Waals surface area (Å²) in [5, 5.41) is 15.8. The largest absolute Gasteiger partial charge is 0.491 e. The molecule has 4 heterocycles. The molecule has 0 unspecified atom stereocenters. The van der Waals surface area contributed by atoms with E-state index in [1.54, 1.807) is 0 Å². The minimum absolute atomic E-state index is 0.0467. The second kappa shape index (κ2) is 12.3. The predicted molar refractivity (Wildman–Crippen MR) is 165 cm³/mol. The van der Waals surface area contributed by atoms with Crippen molar-refractivity contribution in [2.45, 2.75) is 25.5 Å². The van der Waals surface area contributed by atoms with Gasteiger partial charge in [0.15, 0.2) is 0 Å². The summed E-state index contributed by atoms with van der Waals surface area (Å²) in [7, 11) is 1.89. The number of aromatic nitrogens is 4. The van der Waals surface area contributed by atoms with Gasteiger partial charge in [-0.3, -0.25) is 0 Å². The lowest BCUT2D eigenvalue weighted by atomic mass is 10.1. The van der Waals surface area contributed by atoms with Crippen LogP contribution in [0.4, 0.5) is 15.8 Å². The molecule has 1 aliphatic carbocycles. The van der Waals surface area contributed by atoms with E-state index in [4.69, 9.17) is 4.74 Å². The Hall–Kier alpha value is -4.89. The standard InChI is InChI=1S/C18H18FN3O.C15H15N3O/c19-8-10-23-16-5-1-13(2-6-16)17-12-22-9-7-15(11-18(22)21-17)20-14-3-4-14;1-16-13-5-6-18-9-14(17-15(18)8-13)12-4-2-3-11(7-12)10-19/h1-2,5-7,9,11-12,14,20H,3-4,8,10H2;2-9,16,19H,10H2,1H3. The summed E-state index contributed by atoms with van der Waals surface area (Å²) in [5.74, 6) is 0.672. The SMILES string of the molecule is CNc1ccn2cc(-c3cccc(CO)c3)nc2c1.FCCOc1ccc(-c2cn3ccc(NC4CC4)cc3n2)cc1. The van der Waals surface area contributed by atoms with Gasteiger partial charge in [0.1, 0.15) is 30.3 Å². The van der Waals surface area contributed by atoms with Gasteiger partial charge in [0.25, 0.3) is 0 Å². The molecule has 3 N–H and O–H groups in total. The third kappa shape index (κ3) is 6.37. The fourth-order valence-electron chi connectivity index (χ4n) is 4.66. The normalized spacial score (nSPS) is 12.6. The monoisotopic (exact) mass is 564 g/mol. The van der Waals surface area contributed by atoms with Crippen molar-refractivity contribution in [1.82, 2.24) is 18.8 Å². The van der Waals surface area contributed by atoms with Crippen molar-refractivity contribution >= 4 is 22.7 Å². The van der Waals surface area contributed by atoms with Crippen LogP contribution in [-0.2, 0) is 6.61 Å². The fraction of sp³-hybridized carbons (Fsp3) is 0.212. The summed E-state index contributed by atoms with van der Waals surface area (Å²) >= 11 is 0. The second-order valence-corrected chi connectivity index (χ2v) is 10.2. The summed E-state index contributed by atoms with van der Waals surface area (Å²) < 4.78 is 21.4. The van der Waals surface area contributed by atoms with Crippen LogP contribution < -0.4 is 15.4 Å². The number of aliphatic hydroxyl groups is 1. The number of benzene rings is 2. The Morgan fingerprint density at radius 2 is 1.52 bits per heavy atom. The molecule has 1 aliphatic rings. The Morgan fingerprint density at radius 1 is 0.857 bits per heavy atom. The molecule has 1 saturated carbocycles. The molecule has 0 aliphatic heterocycles. The first-order chi connectivity index (χ1) is 20.6. The maximum atomic E-state index is 12.1. The predicted octanol–water partition coefficient (Wildman–Crippen LogP) is 6.46. The third-order valence-corrected chi connectivity index (χ3v) is 7.06. The molecule has 214 valence electrons. The van der Waals surface area contributed by atoms with E-state index in [0.29, 0.717) is 11.8 Å². The molecule has 0 amide bonds. The van der Waals surface area contributed by atoms with Crippen LogP contribution in [0.15, 0.2) is 97.6 Å². The van der Waals surface area contributed by atoms with Crippen molar-refractivity contribution in [3.05, 3.63) is 103 Å². The molecule has 8 nitrogen and oxygen atoms in total. The number of nitrogens with zero attached hydrogens (tertiary/aromatic N) is 4. The number of alkyl halides is 1. The first-order valence-electron chi connectivity index (χ1n) is 14.0. The summed E-state index contributed by atoms with van der Waals surface area (Å²) in [6.07, 6.45) is 10.5. The lowest BCUT2D eigenvalue weighted by molar-refractivity contribution is 0.273. The molecule has 4 aromatic heterocycles. The van der Waals surface area contributed by atoms with Gasteiger partial charge in [0.05, 0.1) is 18.0 Å². The topological polar surface area (TPSA) is 88.1 Å². The number of halogens is 1. The molecule has 0 saturated heterocycles. The van der Waals surface area contributed by atoms with Gasteiger partial charge in [-0.2, -0.15) is 0 Å². The molecule has 1 fully saturated rings. The van der Waals surface area contributed by atoms with Crippen LogP contribution in [0.25, 0.3) is 33.8 Å². The highest BCUT2D eigenvalue weighted by Gasteiger charge is 2.20. The quantitative estimate of drug-likeness (QED) is 0.187. The van der Waals surface area contributed by atoms with E-state index in [0.717, 1.165) is 50.7 Å². The number of fused-ring (bicyclic) bond motifs is 2. The van der Waals surface area contributed by atoms with Crippen LogP contribution in [0.2, 0.25) is 0 Å². The Kier molecular flexibility index (Phi) is 8.00. The van der Waals surface area contributed by atoms with Gasteiger partial charge in [0.2, 0.25) is 0 Å². The minimum Gasteiger partial charge on any atom is -0.491 e. The number of pyridine rings is 2. The van der Waals surface area contributed by atoms with Gasteiger partial charge in [-0.15, -0.1) is 0 Å². The van der Waals surface area contributed by atoms with Crippen molar-refractivity contribution < 1.29 is 14.2 Å². The Balaban J connectivity index is 0.000000153. The van der Waals surface area contributed by atoms with Gasteiger partial charge in [-0.25, -0.2) is 14.4 Å². The van der Waals surface area contributed by atoms with Crippen molar-refractivity contribution in [1.29, 1.82) is 0 Å². The van der Waals surface area contributed by atoms with Crippen LogP contribution in [-0.4, -0.2) is 50.2 Å². The van der Waals surface area contributed by atoms with Crippen molar-refractivity contribution in [3.63, 3.8) is 0 Å². The zero-order valence-electron chi connectivity index (χ0n) is 23.4. The number of aliphatic hydroxyl groups excluding tert-OH is 1. The van der Waals surface area contributed by atoms with Crippen LogP contribution >= 0.6 is 0 Å². The van der Waals surface area contributed by atoms with Gasteiger partial charge >= 0.3 is 0 Å². The van der Waals surface area contributed by atoms with E-state index in [1.165, 1.54) is 12.8 Å². The van der Waals surface area contributed by atoms with E-state index in [-0.39, 0.29) is 13.2 Å². The Bertz CT molecular complexity index is 1790. The summed E-state index contributed by atoms with van der Waals surface area (Å²) in [6, 6.07) is 24.1. The Morgan fingerprint density at radius 3 is 2.17 bits per heavy atom. The minimum atomic E-state index is -0.481. The molecule has 0 bridgehead atoms. The number of hydrogen-bond donors (Lipinski definition) is 3. The maximum absolute atomic E-state index is 12.1. The summed E-state index contributed by atoms with van der Waals surface area (Å²) in [5.41, 5.74) is 8.71. The summed E-state index contributed by atoms with van der Waals surface area (Å²) in [6.45, 7) is -0.346. The highest BCUT2D eigenvalue weighted by Crippen LogP contribution is 2.27. The molecule has 42 heavy (non-hydrogen) atoms. The molecule has 0 atom stereocenters. The van der Waals surface area contributed by atoms with Gasteiger partial charge in [0, 0.05) is 72.5 Å². The molecular weight excluding hydrogens is 531 g/mol. The van der Waals surface area contributed by atoms with Crippen LogP contribution in [0.3, 0.4) is 0 Å². The van der Waals surface area contributed by atoms with E-state index in [1.807, 2.05) is 101 Å². The molecule has 2 aromatic carbocycles. The molecule has 0 spiro atoms. The van der Waals surface area contributed by atoms with E-state index in [2.05, 4.69) is 32.7 Å². The van der Waals surface area contributed by atoms with Gasteiger partial charge < -0.3 is 29.3 Å².